The predicted octanol–water partition coefficient (Wildman–Crippen LogP) is 4.62. The maximum Gasteiger partial charge on any atom is 0.246 e. The van der Waals surface area contributed by atoms with Crippen LogP contribution in [0.1, 0.15) is 64.5 Å². The van der Waals surface area contributed by atoms with Gasteiger partial charge in [0.05, 0.1) is 17.4 Å². The highest BCUT2D eigenvalue weighted by Crippen LogP contribution is 2.46. The van der Waals surface area contributed by atoms with E-state index < -0.39 is 15.4 Å². The van der Waals surface area contributed by atoms with Gasteiger partial charge in [0.1, 0.15) is 21.5 Å². The normalized spacial score (nSPS) is 22.8. The molecule has 11 nitrogen and oxygen atoms in total. The lowest BCUT2D eigenvalue weighted by molar-refractivity contribution is -0.129. The lowest BCUT2D eigenvalue weighted by atomic mass is 9.77. The van der Waals surface area contributed by atoms with Gasteiger partial charge in [-0.2, -0.15) is 4.98 Å². The molecule has 0 unspecified atom stereocenters. The zero-order valence-corrected chi connectivity index (χ0v) is 28.1. The second kappa shape index (κ2) is 12.1. The molecule has 3 aliphatic rings. The number of rotatable bonds is 8. The Morgan fingerprint density at radius 1 is 1.09 bits per heavy atom. The Kier molecular flexibility index (Phi) is 8.47. The number of carbonyl (C=O) groups excluding carboxylic acids is 1. The summed E-state index contributed by atoms with van der Waals surface area (Å²) in [6.07, 6.45) is 10.4. The number of amides is 1. The van der Waals surface area contributed by atoms with Crippen LogP contribution in [-0.4, -0.2) is 88.6 Å². The van der Waals surface area contributed by atoms with E-state index in [0.717, 1.165) is 41.3 Å². The second-order valence-electron chi connectivity index (χ2n) is 13.9. The number of hydrogen-bond donors (Lipinski definition) is 2. The van der Waals surface area contributed by atoms with Crippen LogP contribution in [-0.2, 0) is 14.6 Å². The molecular formula is C34H45N7O4S. The number of fused-ring (bicyclic) bond motifs is 1. The summed E-state index contributed by atoms with van der Waals surface area (Å²) in [5.41, 5.74) is 1.02. The molecule has 2 atom stereocenters. The Bertz CT molecular complexity index is 1750. The highest BCUT2D eigenvalue weighted by atomic mass is 32.2. The van der Waals surface area contributed by atoms with Gasteiger partial charge >= 0.3 is 0 Å². The van der Waals surface area contributed by atoms with Crippen LogP contribution in [0.3, 0.4) is 0 Å². The molecular weight excluding hydrogens is 602 g/mol. The van der Waals surface area contributed by atoms with Gasteiger partial charge in [-0.05, 0) is 88.1 Å². The largest absolute Gasteiger partial charge is 0.390 e. The summed E-state index contributed by atoms with van der Waals surface area (Å²) in [7, 11) is -3.11. The predicted molar refractivity (Wildman–Crippen MR) is 182 cm³/mol. The molecule has 5 heterocycles. The van der Waals surface area contributed by atoms with Gasteiger partial charge in [-0.3, -0.25) is 4.79 Å². The van der Waals surface area contributed by atoms with E-state index in [4.69, 9.17) is 9.97 Å². The van der Waals surface area contributed by atoms with E-state index >= 15 is 0 Å². The smallest absolute Gasteiger partial charge is 0.246 e. The summed E-state index contributed by atoms with van der Waals surface area (Å²) in [6.45, 7) is 12.5. The number of piperidine rings is 2. The number of anilines is 4. The second-order valence-corrected chi connectivity index (χ2v) is 16.1. The fraction of sp³-hybridized carbons (Fsp3) is 0.529. The number of nitrogens with one attached hydrogen (secondary N) is 1. The summed E-state index contributed by atoms with van der Waals surface area (Å²) >= 11 is 0. The Balaban J connectivity index is 1.37. The quantitative estimate of drug-likeness (QED) is 0.334. The summed E-state index contributed by atoms with van der Waals surface area (Å²) in [6, 6.07) is 7.95. The van der Waals surface area contributed by atoms with Crippen molar-refractivity contribution in [1.82, 2.24) is 19.9 Å². The molecule has 0 saturated carbocycles. The maximum atomic E-state index is 13.0. The first-order chi connectivity index (χ1) is 21.8. The molecule has 0 bridgehead atoms. The van der Waals surface area contributed by atoms with Gasteiger partial charge in [0.15, 0.2) is 0 Å². The van der Waals surface area contributed by atoms with Crippen molar-refractivity contribution in [2.45, 2.75) is 70.1 Å². The number of aliphatic hydroxyl groups is 1. The molecule has 12 heteroatoms. The van der Waals surface area contributed by atoms with Gasteiger partial charge in [-0.25, -0.2) is 18.4 Å². The number of nitrogens with zero attached hydrogens (tertiary/aromatic N) is 6. The van der Waals surface area contributed by atoms with Crippen molar-refractivity contribution in [1.29, 1.82) is 0 Å². The van der Waals surface area contributed by atoms with E-state index in [2.05, 4.69) is 52.7 Å². The Morgan fingerprint density at radius 3 is 2.54 bits per heavy atom. The molecule has 6 rings (SSSR count). The van der Waals surface area contributed by atoms with Crippen LogP contribution in [0.25, 0.3) is 10.8 Å². The molecule has 3 saturated heterocycles. The van der Waals surface area contributed by atoms with Crippen molar-refractivity contribution in [3.8, 4) is 0 Å². The average Bonchev–Trinajstić information content (AvgIpc) is 3.02. The third kappa shape index (κ3) is 6.42. The van der Waals surface area contributed by atoms with Crippen molar-refractivity contribution >= 4 is 49.8 Å². The monoisotopic (exact) mass is 647 g/mol. The van der Waals surface area contributed by atoms with E-state index in [1.807, 2.05) is 30.2 Å². The molecule has 0 aliphatic carbocycles. The Hall–Kier alpha value is -3.77. The first kappa shape index (κ1) is 32.2. The number of carbonyl (C=O) groups is 1. The zero-order valence-electron chi connectivity index (χ0n) is 27.2. The van der Waals surface area contributed by atoms with Gasteiger partial charge in [0.2, 0.25) is 11.9 Å². The minimum Gasteiger partial charge on any atom is -0.390 e. The third-order valence-electron chi connectivity index (χ3n) is 10.1. The van der Waals surface area contributed by atoms with E-state index in [1.54, 1.807) is 6.20 Å². The van der Waals surface area contributed by atoms with Crippen LogP contribution in [0.5, 0.6) is 0 Å². The van der Waals surface area contributed by atoms with Crippen LogP contribution in [0.4, 0.5) is 23.3 Å². The number of aromatic nitrogens is 3. The van der Waals surface area contributed by atoms with Gasteiger partial charge < -0.3 is 25.1 Å². The summed E-state index contributed by atoms with van der Waals surface area (Å²) in [5.74, 6) is 1.93. The van der Waals surface area contributed by atoms with Crippen molar-refractivity contribution in [3.63, 3.8) is 0 Å². The first-order valence-electron chi connectivity index (χ1n) is 16.1. The van der Waals surface area contributed by atoms with Gasteiger partial charge in [0.25, 0.3) is 0 Å². The molecule has 3 aliphatic heterocycles. The molecule has 1 amide bonds. The number of pyridine rings is 1. The molecule has 0 spiro atoms. The van der Waals surface area contributed by atoms with Gasteiger partial charge in [-0.1, -0.05) is 12.6 Å². The van der Waals surface area contributed by atoms with Gasteiger partial charge in [-0.15, -0.1) is 0 Å². The Morgan fingerprint density at radius 2 is 1.85 bits per heavy atom. The van der Waals surface area contributed by atoms with Crippen LogP contribution >= 0.6 is 0 Å². The fourth-order valence-electron chi connectivity index (χ4n) is 7.18. The standard InChI is InChI=1S/C34H45N7O4S/c1-6-31(42)40-16-8-7-9-27(40)24-10-11-28(41-21-23(33(41,2)3)22-46(5,44)45)26-20-36-30(19-25(24)26)37-29-12-15-35-32(38-29)39-17-13-34(4,43)14-18-39/h6,10-12,15,19-20,23,27,43H,1,7-9,13-14,16-18,21-22H2,2-5H3,(H,35,36,37,38)/t23-,27+/m1/s1. The molecule has 3 aromatic rings. The molecule has 3 fully saturated rings. The summed E-state index contributed by atoms with van der Waals surface area (Å²) in [5, 5.41) is 15.7. The highest BCUT2D eigenvalue weighted by Gasteiger charge is 2.48. The molecule has 2 N–H and O–H groups in total. The lowest BCUT2D eigenvalue weighted by Crippen LogP contribution is -2.66. The minimum absolute atomic E-state index is 0.0168. The zero-order chi connectivity index (χ0) is 32.9. The van der Waals surface area contributed by atoms with E-state index in [1.165, 1.54) is 12.3 Å². The van der Waals surface area contributed by atoms with Crippen molar-refractivity contribution in [3.05, 3.63) is 54.9 Å². The van der Waals surface area contributed by atoms with Crippen molar-refractivity contribution in [2.75, 3.05) is 53.3 Å². The van der Waals surface area contributed by atoms with Crippen molar-refractivity contribution < 1.29 is 18.3 Å². The Labute approximate surface area is 271 Å². The number of likely N-dealkylation sites (tertiary alicyclic amines) is 1. The van der Waals surface area contributed by atoms with Crippen LogP contribution < -0.4 is 15.1 Å². The number of benzene rings is 1. The third-order valence-corrected chi connectivity index (χ3v) is 11.2. The van der Waals surface area contributed by atoms with Crippen LogP contribution in [0, 0.1) is 5.92 Å². The molecule has 46 heavy (non-hydrogen) atoms. The summed E-state index contributed by atoms with van der Waals surface area (Å²) < 4.78 is 24.3. The molecule has 1 aromatic carbocycles. The average molecular weight is 648 g/mol. The summed E-state index contributed by atoms with van der Waals surface area (Å²) in [4.78, 5) is 33.3. The fourth-order valence-corrected chi connectivity index (χ4v) is 8.43. The topological polar surface area (TPSA) is 132 Å². The van der Waals surface area contributed by atoms with Crippen LogP contribution in [0.2, 0.25) is 0 Å². The van der Waals surface area contributed by atoms with E-state index in [-0.39, 0.29) is 29.2 Å². The van der Waals surface area contributed by atoms with Gasteiger partial charge in [0, 0.05) is 67.4 Å². The SMILES string of the molecule is C=CC(=O)N1CCCC[C@H]1c1ccc(N2C[C@H](CS(C)(=O)=O)C2(C)C)c2cnc(Nc3ccnc(N4CCC(C)(O)CC4)n3)cc12. The maximum absolute atomic E-state index is 13.0. The lowest BCUT2D eigenvalue weighted by Gasteiger charge is -2.57. The minimum atomic E-state index is -3.11. The highest BCUT2D eigenvalue weighted by molar-refractivity contribution is 7.90. The van der Waals surface area contributed by atoms with Crippen molar-refractivity contribution in [2.24, 2.45) is 5.92 Å². The molecule has 2 aromatic heterocycles. The van der Waals surface area contributed by atoms with E-state index in [9.17, 15) is 18.3 Å². The molecule has 246 valence electrons. The van der Waals surface area contributed by atoms with E-state index in [0.29, 0.717) is 56.6 Å². The number of sulfone groups is 1. The molecule has 0 radical (unpaired) electrons. The first-order valence-corrected chi connectivity index (χ1v) is 18.2. The number of hydrogen-bond acceptors (Lipinski definition) is 10. The van der Waals surface area contributed by atoms with Crippen LogP contribution in [0.15, 0.2) is 49.3 Å².